The molecule has 10 heteroatoms. The van der Waals surface area contributed by atoms with Crippen molar-refractivity contribution in [2.45, 2.75) is 26.2 Å². The number of halogens is 2. The van der Waals surface area contributed by atoms with E-state index in [9.17, 15) is 9.59 Å². The number of nitrogens with zero attached hydrogens (tertiary/aromatic N) is 1. The van der Waals surface area contributed by atoms with Gasteiger partial charge in [-0.3, -0.25) is 10.1 Å². The monoisotopic (exact) mass is 433 g/mol. The van der Waals surface area contributed by atoms with Gasteiger partial charge in [0.2, 0.25) is 0 Å². The zero-order valence-corrected chi connectivity index (χ0v) is 17.9. The van der Waals surface area contributed by atoms with Gasteiger partial charge in [0.25, 0.3) is 5.91 Å². The van der Waals surface area contributed by atoms with Crippen molar-refractivity contribution in [3.05, 3.63) is 33.3 Å². The Kier molecular flexibility index (Phi) is 7.48. The Hall–Kier alpha value is -2.03. The van der Waals surface area contributed by atoms with Crippen LogP contribution in [0.4, 0.5) is 10.8 Å². The molecule has 148 valence electrons. The van der Waals surface area contributed by atoms with E-state index in [0.717, 1.165) is 11.3 Å². The standard InChI is InChI=1S/C17H20ClN3O4S.ClH/c1-17(2,3)13-12(15(23)25-5)26-16(20-13)21-14(22)8-6-9(18)10(19)7-11(8)24-4;/h6-7H,19H2,1-5H3,(H,20,21,22);1H. The van der Waals surface area contributed by atoms with Crippen LogP contribution >= 0.6 is 35.3 Å². The van der Waals surface area contributed by atoms with Crippen molar-refractivity contribution in [1.29, 1.82) is 0 Å². The van der Waals surface area contributed by atoms with Crippen molar-refractivity contribution >= 4 is 58.0 Å². The maximum atomic E-state index is 12.6. The Morgan fingerprint density at radius 1 is 1.26 bits per heavy atom. The van der Waals surface area contributed by atoms with Crippen molar-refractivity contribution in [2.75, 3.05) is 25.3 Å². The highest BCUT2D eigenvalue weighted by atomic mass is 35.5. The molecule has 0 spiro atoms. The molecule has 1 amide bonds. The number of carbonyl (C=O) groups is 2. The molecular formula is C17H21Cl2N3O4S. The summed E-state index contributed by atoms with van der Waals surface area (Å²) in [4.78, 5) is 29.4. The molecule has 0 saturated heterocycles. The predicted molar refractivity (Wildman–Crippen MR) is 110 cm³/mol. The van der Waals surface area contributed by atoms with E-state index in [1.165, 1.54) is 26.4 Å². The molecule has 27 heavy (non-hydrogen) atoms. The zero-order chi connectivity index (χ0) is 19.6. The zero-order valence-electron chi connectivity index (χ0n) is 15.5. The maximum Gasteiger partial charge on any atom is 0.350 e. The van der Waals surface area contributed by atoms with Crippen LogP contribution in [0, 0.1) is 0 Å². The Labute approximate surface area is 172 Å². The molecule has 1 aromatic heterocycles. The predicted octanol–water partition coefficient (Wildman–Crippen LogP) is 4.15. The summed E-state index contributed by atoms with van der Waals surface area (Å²) in [6.45, 7) is 5.76. The number of amides is 1. The van der Waals surface area contributed by atoms with E-state index < -0.39 is 17.3 Å². The first kappa shape index (κ1) is 23.0. The third-order valence-electron chi connectivity index (χ3n) is 3.49. The molecule has 2 aromatic rings. The van der Waals surface area contributed by atoms with Gasteiger partial charge in [-0.15, -0.1) is 12.4 Å². The minimum absolute atomic E-state index is 0. The molecule has 0 saturated carbocycles. The van der Waals surface area contributed by atoms with Crippen LogP contribution in [0.2, 0.25) is 5.02 Å². The van der Waals surface area contributed by atoms with Crippen molar-refractivity contribution < 1.29 is 19.1 Å². The summed E-state index contributed by atoms with van der Waals surface area (Å²) in [6.07, 6.45) is 0. The van der Waals surface area contributed by atoms with Crippen LogP contribution in [-0.4, -0.2) is 31.1 Å². The number of thiazole rings is 1. The van der Waals surface area contributed by atoms with Gasteiger partial charge >= 0.3 is 5.97 Å². The first-order valence-corrected chi connectivity index (χ1v) is 8.82. The number of nitrogens with one attached hydrogen (secondary N) is 1. The van der Waals surface area contributed by atoms with E-state index in [1.807, 2.05) is 20.8 Å². The van der Waals surface area contributed by atoms with Gasteiger partial charge in [-0.05, 0) is 6.07 Å². The van der Waals surface area contributed by atoms with E-state index in [0.29, 0.717) is 16.3 Å². The lowest BCUT2D eigenvalue weighted by molar-refractivity contribution is 0.0603. The number of benzene rings is 1. The van der Waals surface area contributed by atoms with Crippen LogP contribution in [0.25, 0.3) is 0 Å². The second kappa shape index (κ2) is 8.77. The minimum Gasteiger partial charge on any atom is -0.496 e. The molecule has 1 heterocycles. The number of hydrogen-bond acceptors (Lipinski definition) is 7. The molecule has 1 aromatic carbocycles. The fourth-order valence-corrected chi connectivity index (χ4v) is 3.45. The number of nitrogens with two attached hydrogens (primary N) is 1. The SMILES string of the molecule is COC(=O)c1sc(NC(=O)c2cc(Cl)c(N)cc2OC)nc1C(C)(C)C.Cl. The van der Waals surface area contributed by atoms with E-state index in [4.69, 9.17) is 26.8 Å². The number of ether oxygens (including phenoxy) is 2. The maximum absolute atomic E-state index is 12.6. The van der Waals surface area contributed by atoms with E-state index in [1.54, 1.807) is 0 Å². The van der Waals surface area contributed by atoms with E-state index in [-0.39, 0.29) is 33.9 Å². The summed E-state index contributed by atoms with van der Waals surface area (Å²) in [5.74, 6) is -0.694. The number of aromatic nitrogens is 1. The molecule has 0 bridgehead atoms. The van der Waals surface area contributed by atoms with Crippen LogP contribution in [0.1, 0.15) is 46.5 Å². The molecule has 0 fully saturated rings. The Morgan fingerprint density at radius 3 is 2.41 bits per heavy atom. The average Bonchev–Trinajstić information content (AvgIpc) is 3.00. The summed E-state index contributed by atoms with van der Waals surface area (Å²) in [6, 6.07) is 2.89. The van der Waals surface area contributed by atoms with Gasteiger partial charge in [-0.2, -0.15) is 0 Å². The third-order valence-corrected chi connectivity index (χ3v) is 4.77. The van der Waals surface area contributed by atoms with Crippen molar-refractivity contribution in [3.8, 4) is 5.75 Å². The van der Waals surface area contributed by atoms with Gasteiger partial charge in [-0.25, -0.2) is 9.78 Å². The fourth-order valence-electron chi connectivity index (χ4n) is 2.19. The second-order valence-electron chi connectivity index (χ2n) is 6.47. The molecular weight excluding hydrogens is 413 g/mol. The molecule has 0 aliphatic rings. The van der Waals surface area contributed by atoms with Crippen molar-refractivity contribution in [1.82, 2.24) is 4.98 Å². The van der Waals surface area contributed by atoms with Crippen molar-refractivity contribution in [2.24, 2.45) is 0 Å². The molecule has 0 unspecified atom stereocenters. The first-order chi connectivity index (χ1) is 12.1. The quantitative estimate of drug-likeness (QED) is 0.554. The Bertz CT molecular complexity index is 863. The average molecular weight is 434 g/mol. The lowest BCUT2D eigenvalue weighted by Crippen LogP contribution is -2.17. The highest BCUT2D eigenvalue weighted by Crippen LogP contribution is 2.34. The lowest BCUT2D eigenvalue weighted by Gasteiger charge is -2.16. The Balaban J connectivity index is 0.00000364. The fraction of sp³-hybridized carbons (Fsp3) is 0.353. The largest absolute Gasteiger partial charge is 0.496 e. The number of carbonyl (C=O) groups excluding carboxylic acids is 2. The van der Waals surface area contributed by atoms with E-state index in [2.05, 4.69) is 10.3 Å². The number of esters is 1. The number of hydrogen-bond donors (Lipinski definition) is 2. The van der Waals surface area contributed by atoms with Gasteiger partial charge in [0.05, 0.1) is 36.2 Å². The van der Waals surface area contributed by atoms with Gasteiger partial charge in [0, 0.05) is 11.5 Å². The van der Waals surface area contributed by atoms with Crippen LogP contribution < -0.4 is 15.8 Å². The number of rotatable bonds is 4. The van der Waals surface area contributed by atoms with Crippen LogP contribution in [0.3, 0.4) is 0 Å². The molecule has 0 aliphatic heterocycles. The normalized spacial score (nSPS) is 10.7. The molecule has 7 nitrogen and oxygen atoms in total. The van der Waals surface area contributed by atoms with Crippen molar-refractivity contribution in [3.63, 3.8) is 0 Å². The minimum atomic E-state index is -0.499. The number of nitrogen functional groups attached to an aromatic ring is 1. The molecule has 3 N–H and O–H groups in total. The van der Waals surface area contributed by atoms with E-state index >= 15 is 0 Å². The summed E-state index contributed by atoms with van der Waals surface area (Å²) < 4.78 is 10.00. The topological polar surface area (TPSA) is 104 Å². The number of methoxy groups -OCH3 is 2. The van der Waals surface area contributed by atoms with Gasteiger partial charge in [0.15, 0.2) is 5.13 Å². The molecule has 2 rings (SSSR count). The highest BCUT2D eigenvalue weighted by Gasteiger charge is 2.28. The summed E-state index contributed by atoms with van der Waals surface area (Å²) in [7, 11) is 2.73. The summed E-state index contributed by atoms with van der Waals surface area (Å²) in [5.41, 5.74) is 6.39. The highest BCUT2D eigenvalue weighted by molar-refractivity contribution is 7.17. The summed E-state index contributed by atoms with van der Waals surface area (Å²) >= 11 is 7.05. The molecule has 0 aliphatic carbocycles. The Morgan fingerprint density at radius 2 is 1.89 bits per heavy atom. The van der Waals surface area contributed by atoms with Crippen LogP contribution in [0.5, 0.6) is 5.75 Å². The van der Waals surface area contributed by atoms with Crippen LogP contribution in [0.15, 0.2) is 12.1 Å². The first-order valence-electron chi connectivity index (χ1n) is 7.62. The lowest BCUT2D eigenvalue weighted by atomic mass is 9.91. The second-order valence-corrected chi connectivity index (χ2v) is 7.87. The van der Waals surface area contributed by atoms with Gasteiger partial charge < -0.3 is 15.2 Å². The number of anilines is 2. The summed E-state index contributed by atoms with van der Waals surface area (Å²) in [5, 5.41) is 3.18. The van der Waals surface area contributed by atoms with Gasteiger partial charge in [-0.1, -0.05) is 43.7 Å². The van der Waals surface area contributed by atoms with Crippen LogP contribution in [-0.2, 0) is 10.2 Å². The smallest absolute Gasteiger partial charge is 0.350 e. The molecule has 0 atom stereocenters. The third kappa shape index (κ3) is 5.03. The van der Waals surface area contributed by atoms with Gasteiger partial charge in [0.1, 0.15) is 10.6 Å². The molecule has 0 radical (unpaired) electrons.